The second kappa shape index (κ2) is 8.00. The Morgan fingerprint density at radius 3 is 2.19 bits per heavy atom. The fourth-order valence-electron chi connectivity index (χ4n) is 2.81. The first kappa shape index (κ1) is 19.4. The molecule has 2 N–H and O–H groups in total. The largest absolute Gasteiger partial charge is 0.507 e. The summed E-state index contributed by atoms with van der Waals surface area (Å²) < 4.78 is 0. The van der Waals surface area contributed by atoms with Gasteiger partial charge in [0.05, 0.1) is 11.1 Å². The molecule has 0 aliphatic heterocycles. The molecule has 0 radical (unpaired) electrons. The fraction of sp³-hybridized carbons (Fsp3) is 0.273. The lowest BCUT2D eigenvalue weighted by Crippen LogP contribution is -2.21. The lowest BCUT2D eigenvalue weighted by atomic mass is 9.81. The molecule has 26 heavy (non-hydrogen) atoms. The van der Waals surface area contributed by atoms with Gasteiger partial charge in [-0.3, -0.25) is 9.59 Å². The van der Waals surface area contributed by atoms with E-state index in [2.05, 4.69) is 0 Å². The number of ketones is 2. The zero-order valence-corrected chi connectivity index (χ0v) is 15.5. The van der Waals surface area contributed by atoms with E-state index in [-0.39, 0.29) is 28.5 Å². The molecule has 1 aromatic carbocycles. The van der Waals surface area contributed by atoms with E-state index in [1.54, 1.807) is 0 Å². The zero-order chi connectivity index (χ0) is 19.4. The predicted octanol–water partition coefficient (Wildman–Crippen LogP) is 4.90. The molecular weight excluding hydrogens is 328 g/mol. The molecule has 0 heterocycles. The highest BCUT2D eigenvalue weighted by molar-refractivity contribution is 6.26. The Morgan fingerprint density at radius 1 is 1.00 bits per heavy atom. The number of allylic oxidation sites excluding steroid dienone is 8. The van der Waals surface area contributed by atoms with Gasteiger partial charge in [-0.15, -0.1) is 0 Å². The van der Waals surface area contributed by atoms with Crippen molar-refractivity contribution in [1.29, 1.82) is 0 Å². The number of carbonyl (C=O) groups is 2. The molecule has 4 heteroatoms. The summed E-state index contributed by atoms with van der Waals surface area (Å²) in [4.78, 5) is 25.4. The number of fused-ring (bicyclic) bond motifs is 1. The number of phenols is 2. The maximum Gasteiger partial charge on any atom is 0.194 e. The van der Waals surface area contributed by atoms with Crippen molar-refractivity contribution in [3.8, 4) is 11.5 Å². The normalized spacial score (nSPS) is 14.7. The molecule has 0 spiro atoms. The Labute approximate surface area is 153 Å². The van der Waals surface area contributed by atoms with Gasteiger partial charge in [0.2, 0.25) is 0 Å². The minimum absolute atomic E-state index is 0.120. The highest BCUT2D eigenvalue weighted by Gasteiger charge is 2.33. The summed E-state index contributed by atoms with van der Waals surface area (Å²) in [5.41, 5.74) is 2.30. The van der Waals surface area contributed by atoms with Gasteiger partial charge in [0.15, 0.2) is 11.6 Å². The summed E-state index contributed by atoms with van der Waals surface area (Å²) in [5.74, 6) is -1.79. The van der Waals surface area contributed by atoms with Crippen LogP contribution in [0.1, 0.15) is 54.8 Å². The maximum atomic E-state index is 13.0. The van der Waals surface area contributed by atoms with Crippen molar-refractivity contribution in [2.75, 3.05) is 0 Å². The number of carbonyl (C=O) groups excluding carboxylic acids is 2. The molecule has 0 amide bonds. The van der Waals surface area contributed by atoms with Crippen molar-refractivity contribution in [2.24, 2.45) is 5.92 Å². The molecule has 1 atom stereocenters. The second-order valence-corrected chi connectivity index (χ2v) is 6.90. The smallest absolute Gasteiger partial charge is 0.194 e. The van der Waals surface area contributed by atoms with Crippen LogP contribution >= 0.6 is 0 Å². The van der Waals surface area contributed by atoms with Gasteiger partial charge in [-0.25, -0.2) is 0 Å². The molecule has 0 saturated carbocycles. The van der Waals surface area contributed by atoms with E-state index >= 15 is 0 Å². The van der Waals surface area contributed by atoms with Crippen molar-refractivity contribution >= 4 is 11.6 Å². The first-order valence-electron chi connectivity index (χ1n) is 8.53. The standard InChI is InChI=1S/C22H24O4/c1-13(2)6-5-7-15(9-8-14(3)4)16-12-19(25)20-17(23)10-11-18(24)21(20)22(16)26/h5-8,10-12,15,23-24H,9H2,1-4H3/b7-5-. The highest BCUT2D eigenvalue weighted by Crippen LogP contribution is 2.37. The monoisotopic (exact) mass is 352 g/mol. The first-order valence-corrected chi connectivity index (χ1v) is 8.53. The van der Waals surface area contributed by atoms with Crippen molar-refractivity contribution in [2.45, 2.75) is 34.1 Å². The van der Waals surface area contributed by atoms with Crippen molar-refractivity contribution < 1.29 is 19.8 Å². The third kappa shape index (κ3) is 4.20. The quantitative estimate of drug-likeness (QED) is 0.449. The van der Waals surface area contributed by atoms with Crippen LogP contribution in [-0.4, -0.2) is 21.8 Å². The minimum atomic E-state index is -0.471. The van der Waals surface area contributed by atoms with E-state index in [0.29, 0.717) is 12.0 Å². The van der Waals surface area contributed by atoms with Gasteiger partial charge in [-0.1, -0.05) is 35.5 Å². The Bertz CT molecular complexity index is 858. The van der Waals surface area contributed by atoms with E-state index in [9.17, 15) is 19.8 Å². The summed E-state index contributed by atoms with van der Waals surface area (Å²) in [6, 6.07) is 2.44. The third-order valence-corrected chi connectivity index (χ3v) is 4.14. The summed E-state index contributed by atoms with van der Waals surface area (Å²) in [6.07, 6.45) is 9.54. The molecule has 1 aliphatic rings. The van der Waals surface area contributed by atoms with E-state index in [4.69, 9.17) is 0 Å². The number of benzene rings is 1. The second-order valence-electron chi connectivity index (χ2n) is 6.90. The van der Waals surface area contributed by atoms with Gasteiger partial charge in [-0.05, 0) is 52.3 Å². The summed E-state index contributed by atoms with van der Waals surface area (Å²) in [6.45, 7) is 7.89. The first-order chi connectivity index (χ1) is 12.2. The fourth-order valence-corrected chi connectivity index (χ4v) is 2.81. The Morgan fingerprint density at radius 2 is 1.62 bits per heavy atom. The van der Waals surface area contributed by atoms with Gasteiger partial charge in [0.25, 0.3) is 0 Å². The minimum Gasteiger partial charge on any atom is -0.507 e. The maximum absolute atomic E-state index is 13.0. The summed E-state index contributed by atoms with van der Waals surface area (Å²) in [5, 5.41) is 20.0. The molecule has 0 saturated heterocycles. The van der Waals surface area contributed by atoms with Crippen LogP contribution in [0.5, 0.6) is 11.5 Å². The van der Waals surface area contributed by atoms with Crippen molar-refractivity contribution in [1.82, 2.24) is 0 Å². The molecular formula is C22H24O4. The molecule has 0 fully saturated rings. The van der Waals surface area contributed by atoms with E-state index in [1.807, 2.05) is 52.0 Å². The molecule has 0 bridgehead atoms. The molecule has 4 nitrogen and oxygen atoms in total. The highest BCUT2D eigenvalue weighted by atomic mass is 16.3. The topological polar surface area (TPSA) is 74.6 Å². The van der Waals surface area contributed by atoms with Crippen LogP contribution < -0.4 is 0 Å². The number of phenolic OH excluding ortho intramolecular Hbond substituents is 2. The summed E-state index contributed by atoms with van der Waals surface area (Å²) >= 11 is 0. The van der Waals surface area contributed by atoms with Crippen LogP contribution in [-0.2, 0) is 0 Å². The Kier molecular flexibility index (Phi) is 5.98. The number of aromatic hydroxyl groups is 2. The average Bonchev–Trinajstić information content (AvgIpc) is 2.56. The van der Waals surface area contributed by atoms with E-state index in [1.165, 1.54) is 18.2 Å². The van der Waals surface area contributed by atoms with Crippen LogP contribution in [0.25, 0.3) is 0 Å². The number of hydrogen-bond donors (Lipinski definition) is 2. The lowest BCUT2D eigenvalue weighted by Gasteiger charge is -2.21. The Balaban J connectivity index is 2.51. The van der Waals surface area contributed by atoms with Gasteiger partial charge in [0, 0.05) is 11.5 Å². The van der Waals surface area contributed by atoms with Crippen LogP contribution in [0, 0.1) is 5.92 Å². The number of hydrogen-bond acceptors (Lipinski definition) is 4. The lowest BCUT2D eigenvalue weighted by molar-refractivity contribution is 0.0972. The van der Waals surface area contributed by atoms with Crippen LogP contribution in [0.4, 0.5) is 0 Å². The SMILES string of the molecule is CC(C)=C/C=C\C(CC=C(C)C)C1=CC(=O)c2c(O)ccc(O)c2C1=O. The van der Waals surface area contributed by atoms with E-state index < -0.39 is 11.6 Å². The number of rotatable bonds is 5. The van der Waals surface area contributed by atoms with Crippen LogP contribution in [0.15, 0.2) is 59.2 Å². The van der Waals surface area contributed by atoms with Crippen LogP contribution in [0.3, 0.4) is 0 Å². The predicted molar refractivity (Wildman–Crippen MR) is 103 cm³/mol. The zero-order valence-electron chi connectivity index (χ0n) is 15.5. The van der Waals surface area contributed by atoms with Gasteiger partial charge < -0.3 is 10.2 Å². The Hall–Kier alpha value is -2.88. The molecule has 1 aliphatic carbocycles. The van der Waals surface area contributed by atoms with Crippen molar-refractivity contribution in [3.63, 3.8) is 0 Å². The molecule has 1 aromatic rings. The molecule has 1 unspecified atom stereocenters. The van der Waals surface area contributed by atoms with Crippen LogP contribution in [0.2, 0.25) is 0 Å². The van der Waals surface area contributed by atoms with E-state index in [0.717, 1.165) is 11.1 Å². The molecule has 0 aromatic heterocycles. The molecule has 136 valence electrons. The van der Waals surface area contributed by atoms with Crippen molar-refractivity contribution in [3.05, 3.63) is 70.4 Å². The summed E-state index contributed by atoms with van der Waals surface area (Å²) in [7, 11) is 0. The van der Waals surface area contributed by atoms with Gasteiger partial charge in [0.1, 0.15) is 11.5 Å². The third-order valence-electron chi connectivity index (χ3n) is 4.14. The average molecular weight is 352 g/mol. The van der Waals surface area contributed by atoms with Gasteiger partial charge >= 0.3 is 0 Å². The number of Topliss-reactive ketones (excluding diaryl/α,β-unsaturated/α-hetero) is 1. The van der Waals surface area contributed by atoms with Gasteiger partial charge in [-0.2, -0.15) is 0 Å². The molecule has 2 rings (SSSR count).